The number of nitrogens with one attached hydrogen (secondary N) is 1. The van der Waals surface area contributed by atoms with Gasteiger partial charge in [0, 0.05) is 23.7 Å². The highest BCUT2D eigenvalue weighted by molar-refractivity contribution is 5.80. The summed E-state index contributed by atoms with van der Waals surface area (Å²) in [6.07, 6.45) is 5.54. The molecule has 0 saturated heterocycles. The zero-order chi connectivity index (χ0) is 20.8. The molecule has 0 fully saturated rings. The highest BCUT2D eigenvalue weighted by atomic mass is 16.5. The van der Waals surface area contributed by atoms with E-state index in [-0.39, 0.29) is 6.41 Å². The molecule has 3 aromatic heterocycles. The topological polar surface area (TPSA) is 125 Å². The number of carbonyl (C=O) groups is 1. The number of carbonyl (C=O) groups excluding carboxylic acids is 1. The van der Waals surface area contributed by atoms with Gasteiger partial charge in [0.25, 0.3) is 0 Å². The van der Waals surface area contributed by atoms with E-state index in [1.165, 1.54) is 6.33 Å². The van der Waals surface area contributed by atoms with Gasteiger partial charge in [0.15, 0.2) is 5.82 Å². The van der Waals surface area contributed by atoms with Gasteiger partial charge in [-0.2, -0.15) is 10.2 Å². The predicted molar refractivity (Wildman–Crippen MR) is 108 cm³/mol. The van der Waals surface area contributed by atoms with Gasteiger partial charge in [-0.25, -0.2) is 9.67 Å². The number of hydrogen-bond donors (Lipinski definition) is 2. The van der Waals surface area contributed by atoms with Crippen LogP contribution in [0.2, 0.25) is 0 Å². The van der Waals surface area contributed by atoms with Crippen molar-refractivity contribution in [2.45, 2.75) is 13.8 Å². The van der Waals surface area contributed by atoms with Gasteiger partial charge >= 0.3 is 0 Å². The van der Waals surface area contributed by atoms with E-state index in [0.29, 0.717) is 5.82 Å². The standard InChI is InChI=1S/C19H18N6O.CH3NO/c1-12-9-20-13(2)8-16(12)25-10-15(19-21-11-22-23-19)18(24-25)14-6-4-5-7-17(14)26-3;2-1-3/h4-11H,1-3H3,(H,21,22,23);1H,(H2,2,3). The first-order valence-corrected chi connectivity index (χ1v) is 8.76. The van der Waals surface area contributed by atoms with Crippen molar-refractivity contribution in [3.63, 3.8) is 0 Å². The van der Waals surface area contributed by atoms with Crippen LogP contribution < -0.4 is 10.5 Å². The molecule has 0 aliphatic carbocycles. The third-order valence-corrected chi connectivity index (χ3v) is 4.20. The van der Waals surface area contributed by atoms with Crippen LogP contribution in [0.4, 0.5) is 0 Å². The van der Waals surface area contributed by atoms with Crippen LogP contribution in [0, 0.1) is 13.8 Å². The molecule has 1 amide bonds. The number of benzene rings is 1. The summed E-state index contributed by atoms with van der Waals surface area (Å²) < 4.78 is 7.38. The summed E-state index contributed by atoms with van der Waals surface area (Å²) in [7, 11) is 1.65. The molecule has 4 aromatic rings. The Hall–Kier alpha value is -4.01. The van der Waals surface area contributed by atoms with E-state index >= 15 is 0 Å². The Labute approximate surface area is 167 Å². The number of rotatable bonds is 4. The van der Waals surface area contributed by atoms with E-state index in [0.717, 1.165) is 39.5 Å². The van der Waals surface area contributed by atoms with Gasteiger partial charge in [0.1, 0.15) is 17.8 Å². The van der Waals surface area contributed by atoms with Gasteiger partial charge in [0.2, 0.25) is 6.41 Å². The number of amides is 1. The Morgan fingerprint density at radius 2 is 1.93 bits per heavy atom. The van der Waals surface area contributed by atoms with Crippen molar-refractivity contribution in [2.24, 2.45) is 5.73 Å². The minimum atomic E-state index is 0.250. The van der Waals surface area contributed by atoms with Crippen molar-refractivity contribution in [1.82, 2.24) is 29.9 Å². The fourth-order valence-corrected chi connectivity index (χ4v) is 2.91. The van der Waals surface area contributed by atoms with Crippen LogP contribution in [0.3, 0.4) is 0 Å². The zero-order valence-electron chi connectivity index (χ0n) is 16.3. The monoisotopic (exact) mass is 391 g/mol. The van der Waals surface area contributed by atoms with E-state index in [1.807, 2.05) is 61.3 Å². The number of nitrogens with zero attached hydrogens (tertiary/aromatic N) is 5. The molecule has 0 radical (unpaired) electrons. The average Bonchev–Trinajstić information content (AvgIpc) is 3.40. The summed E-state index contributed by atoms with van der Waals surface area (Å²) in [4.78, 5) is 17.2. The molecule has 0 aliphatic rings. The second-order valence-corrected chi connectivity index (χ2v) is 6.12. The summed E-state index contributed by atoms with van der Waals surface area (Å²) in [5, 5.41) is 11.7. The van der Waals surface area contributed by atoms with Crippen LogP contribution in [-0.2, 0) is 4.79 Å². The molecular weight excluding hydrogens is 370 g/mol. The first-order valence-electron chi connectivity index (χ1n) is 8.76. The van der Waals surface area contributed by atoms with Crippen molar-refractivity contribution in [3.8, 4) is 34.1 Å². The molecule has 148 valence electrons. The normalized spacial score (nSPS) is 10.2. The fraction of sp³-hybridized carbons (Fsp3) is 0.150. The maximum atomic E-state index is 8.58. The molecule has 29 heavy (non-hydrogen) atoms. The van der Waals surface area contributed by atoms with Crippen molar-refractivity contribution >= 4 is 6.41 Å². The summed E-state index contributed by atoms with van der Waals surface area (Å²) >= 11 is 0. The Morgan fingerprint density at radius 3 is 2.62 bits per heavy atom. The van der Waals surface area contributed by atoms with Gasteiger partial charge < -0.3 is 10.5 Å². The van der Waals surface area contributed by atoms with Crippen LogP contribution in [0.25, 0.3) is 28.3 Å². The lowest BCUT2D eigenvalue weighted by Crippen LogP contribution is -2.00. The van der Waals surface area contributed by atoms with Crippen molar-refractivity contribution in [3.05, 3.63) is 60.3 Å². The molecule has 0 spiro atoms. The number of ether oxygens (including phenoxy) is 1. The number of pyridine rings is 1. The van der Waals surface area contributed by atoms with Crippen molar-refractivity contribution in [1.29, 1.82) is 0 Å². The smallest absolute Gasteiger partial charge is 0.204 e. The molecule has 0 aliphatic heterocycles. The summed E-state index contributed by atoms with van der Waals surface area (Å²) in [6.45, 7) is 3.98. The van der Waals surface area contributed by atoms with Crippen molar-refractivity contribution < 1.29 is 9.53 Å². The molecule has 3 N–H and O–H groups in total. The molecule has 9 nitrogen and oxygen atoms in total. The van der Waals surface area contributed by atoms with Crippen LogP contribution in [-0.4, -0.2) is 43.5 Å². The minimum absolute atomic E-state index is 0.250. The lowest BCUT2D eigenvalue weighted by atomic mass is 10.1. The lowest BCUT2D eigenvalue weighted by molar-refractivity contribution is -0.106. The van der Waals surface area contributed by atoms with E-state index < -0.39 is 0 Å². The van der Waals surface area contributed by atoms with E-state index in [2.05, 4.69) is 25.9 Å². The third kappa shape index (κ3) is 4.13. The molecule has 3 heterocycles. The molecule has 0 atom stereocenters. The number of primary amides is 1. The largest absolute Gasteiger partial charge is 0.496 e. The molecule has 4 rings (SSSR count). The number of para-hydroxylation sites is 1. The van der Waals surface area contributed by atoms with Crippen molar-refractivity contribution in [2.75, 3.05) is 7.11 Å². The molecule has 1 aromatic carbocycles. The number of aromatic amines is 1. The van der Waals surface area contributed by atoms with Gasteiger partial charge in [0.05, 0.1) is 18.4 Å². The summed E-state index contributed by atoms with van der Waals surface area (Å²) in [5.41, 5.74) is 9.62. The van der Waals surface area contributed by atoms with Crippen LogP contribution in [0.15, 0.2) is 49.1 Å². The Bertz CT molecular complexity index is 1100. The number of hydrogen-bond acceptors (Lipinski definition) is 6. The molecule has 9 heteroatoms. The number of nitrogens with two attached hydrogens (primary N) is 1. The Balaban J connectivity index is 0.000000755. The number of aryl methyl sites for hydroxylation is 2. The highest BCUT2D eigenvalue weighted by Crippen LogP contribution is 2.35. The van der Waals surface area contributed by atoms with E-state index in [9.17, 15) is 0 Å². The molecule has 0 saturated carbocycles. The summed E-state index contributed by atoms with van der Waals surface area (Å²) in [5.74, 6) is 1.40. The third-order valence-electron chi connectivity index (χ3n) is 4.20. The molecular formula is C20H21N7O2. The fourth-order valence-electron chi connectivity index (χ4n) is 2.91. The van der Waals surface area contributed by atoms with Gasteiger partial charge in [-0.15, -0.1) is 0 Å². The van der Waals surface area contributed by atoms with Gasteiger partial charge in [-0.3, -0.25) is 14.9 Å². The van der Waals surface area contributed by atoms with Crippen LogP contribution in [0.5, 0.6) is 5.75 Å². The highest BCUT2D eigenvalue weighted by Gasteiger charge is 2.19. The number of H-pyrrole nitrogens is 1. The second kappa shape index (κ2) is 8.79. The lowest BCUT2D eigenvalue weighted by Gasteiger charge is -2.07. The van der Waals surface area contributed by atoms with E-state index in [4.69, 9.17) is 14.6 Å². The SMILES string of the molecule is COc1ccccc1-c1nn(-c2cc(C)ncc2C)cc1-c1ncn[nH]1.NC=O. The van der Waals surface area contributed by atoms with E-state index in [1.54, 1.807) is 7.11 Å². The predicted octanol–water partition coefficient (Wildman–Crippen LogP) is 2.45. The summed E-state index contributed by atoms with van der Waals surface area (Å²) in [6, 6.07) is 9.81. The number of aromatic nitrogens is 6. The van der Waals surface area contributed by atoms with Crippen LogP contribution >= 0.6 is 0 Å². The second-order valence-electron chi connectivity index (χ2n) is 6.12. The van der Waals surface area contributed by atoms with Crippen LogP contribution in [0.1, 0.15) is 11.3 Å². The maximum Gasteiger partial charge on any atom is 0.204 e. The number of methoxy groups -OCH3 is 1. The van der Waals surface area contributed by atoms with Gasteiger partial charge in [-0.1, -0.05) is 12.1 Å². The average molecular weight is 391 g/mol. The van der Waals surface area contributed by atoms with Gasteiger partial charge in [-0.05, 0) is 37.6 Å². The molecule has 0 unspecified atom stereocenters. The first kappa shape index (κ1) is 19.7. The molecule has 0 bridgehead atoms. The first-order chi connectivity index (χ1) is 14.1. The quantitative estimate of drug-likeness (QED) is 0.515. The Kier molecular flexibility index (Phi) is 5.98. The minimum Gasteiger partial charge on any atom is -0.496 e. The zero-order valence-corrected chi connectivity index (χ0v) is 16.3. The Morgan fingerprint density at radius 1 is 1.17 bits per heavy atom. The maximum absolute atomic E-state index is 8.58.